The molecule has 1 aliphatic rings. The van der Waals surface area contributed by atoms with E-state index in [0.29, 0.717) is 12.4 Å². The Bertz CT molecular complexity index is 678. The zero-order valence-corrected chi connectivity index (χ0v) is 14.8. The fraction of sp³-hybridized carbons (Fsp3) is 0.500. The first-order valence-corrected chi connectivity index (χ1v) is 8.71. The van der Waals surface area contributed by atoms with Gasteiger partial charge in [-0.15, -0.1) is 0 Å². The Balaban J connectivity index is 1.41. The van der Waals surface area contributed by atoms with E-state index in [9.17, 15) is 4.79 Å². The molecule has 1 aliphatic heterocycles. The number of piperazine rings is 1. The first kappa shape index (κ1) is 17.6. The molecule has 0 aromatic carbocycles. The van der Waals surface area contributed by atoms with E-state index in [2.05, 4.69) is 25.3 Å². The van der Waals surface area contributed by atoms with Gasteiger partial charge in [-0.05, 0) is 18.1 Å². The van der Waals surface area contributed by atoms with Crippen molar-refractivity contribution in [2.45, 2.75) is 26.3 Å². The molecule has 1 saturated heterocycles. The van der Waals surface area contributed by atoms with Crippen LogP contribution in [0.4, 0.5) is 5.88 Å². The molecule has 3 rings (SSSR count). The van der Waals surface area contributed by atoms with Crippen LogP contribution in [-0.2, 0) is 11.3 Å². The summed E-state index contributed by atoms with van der Waals surface area (Å²) >= 11 is 0. The molecule has 25 heavy (non-hydrogen) atoms. The van der Waals surface area contributed by atoms with Gasteiger partial charge >= 0.3 is 0 Å². The highest BCUT2D eigenvalue weighted by atomic mass is 16.5. The first-order chi connectivity index (χ1) is 12.1. The summed E-state index contributed by atoms with van der Waals surface area (Å²) in [4.78, 5) is 21.1. The lowest BCUT2D eigenvalue weighted by Crippen LogP contribution is -2.48. The summed E-state index contributed by atoms with van der Waals surface area (Å²) in [7, 11) is 0. The molecule has 7 nitrogen and oxygen atoms in total. The van der Waals surface area contributed by atoms with Gasteiger partial charge in [-0.2, -0.15) is 0 Å². The zero-order valence-electron chi connectivity index (χ0n) is 14.8. The summed E-state index contributed by atoms with van der Waals surface area (Å²) < 4.78 is 5.15. The van der Waals surface area contributed by atoms with E-state index >= 15 is 0 Å². The topological polar surface area (TPSA) is 74.5 Å². The van der Waals surface area contributed by atoms with Crippen LogP contribution in [0.3, 0.4) is 0 Å². The van der Waals surface area contributed by atoms with E-state index in [-0.39, 0.29) is 11.8 Å². The highest BCUT2D eigenvalue weighted by Gasteiger charge is 2.20. The van der Waals surface area contributed by atoms with Crippen molar-refractivity contribution >= 4 is 11.8 Å². The third-order valence-electron chi connectivity index (χ3n) is 4.33. The number of pyridine rings is 1. The molecule has 1 N–H and O–H groups in total. The minimum atomic E-state index is -0.0652. The Hall–Kier alpha value is -2.25. The van der Waals surface area contributed by atoms with E-state index in [1.54, 1.807) is 6.07 Å². The lowest BCUT2D eigenvalue weighted by molar-refractivity contribution is -0.117. The number of anilines is 1. The van der Waals surface area contributed by atoms with Gasteiger partial charge in [0.15, 0.2) is 0 Å². The molecule has 2 aromatic rings. The Morgan fingerprint density at radius 2 is 2.00 bits per heavy atom. The number of carbonyl (C=O) groups excluding carboxylic acids is 1. The smallest absolute Gasteiger partial charge is 0.240 e. The molecule has 2 aromatic heterocycles. The van der Waals surface area contributed by atoms with Crippen molar-refractivity contribution in [2.24, 2.45) is 0 Å². The molecule has 0 bridgehead atoms. The van der Waals surface area contributed by atoms with Crippen LogP contribution in [0.5, 0.6) is 0 Å². The van der Waals surface area contributed by atoms with Crippen LogP contribution in [0.15, 0.2) is 35.0 Å². The van der Waals surface area contributed by atoms with Crippen molar-refractivity contribution in [2.75, 3.05) is 38.0 Å². The highest BCUT2D eigenvalue weighted by Crippen LogP contribution is 2.17. The molecule has 7 heteroatoms. The first-order valence-electron chi connectivity index (χ1n) is 8.71. The van der Waals surface area contributed by atoms with Gasteiger partial charge in [0.1, 0.15) is 0 Å². The molecule has 3 heterocycles. The summed E-state index contributed by atoms with van der Waals surface area (Å²) in [5, 5.41) is 6.73. The van der Waals surface area contributed by atoms with Crippen molar-refractivity contribution in [1.29, 1.82) is 0 Å². The van der Waals surface area contributed by atoms with Gasteiger partial charge in [-0.1, -0.05) is 25.1 Å². The van der Waals surface area contributed by atoms with E-state index in [1.165, 1.54) is 0 Å². The fourth-order valence-electron chi connectivity index (χ4n) is 2.83. The van der Waals surface area contributed by atoms with Crippen LogP contribution in [0.2, 0.25) is 0 Å². The largest absolute Gasteiger partial charge is 0.338 e. The summed E-state index contributed by atoms with van der Waals surface area (Å²) in [5.41, 5.74) is 1.93. The minimum Gasteiger partial charge on any atom is -0.338 e. The molecule has 134 valence electrons. The molecule has 0 unspecified atom stereocenters. The van der Waals surface area contributed by atoms with Crippen LogP contribution in [-0.4, -0.2) is 58.6 Å². The molecular weight excluding hydrogens is 318 g/mol. The maximum absolute atomic E-state index is 12.2. The second-order valence-corrected chi connectivity index (χ2v) is 6.69. The van der Waals surface area contributed by atoms with Crippen molar-refractivity contribution in [1.82, 2.24) is 19.9 Å². The van der Waals surface area contributed by atoms with Crippen LogP contribution < -0.4 is 5.32 Å². The fourth-order valence-corrected chi connectivity index (χ4v) is 2.83. The molecule has 0 aliphatic carbocycles. The van der Waals surface area contributed by atoms with Gasteiger partial charge in [0.25, 0.3) is 0 Å². The number of nitrogens with zero attached hydrogens (tertiary/aromatic N) is 4. The number of amides is 1. The normalized spacial score (nSPS) is 16.3. The lowest BCUT2D eigenvalue weighted by Gasteiger charge is -2.33. The van der Waals surface area contributed by atoms with Gasteiger partial charge in [0, 0.05) is 45.0 Å². The Morgan fingerprint density at radius 1 is 1.24 bits per heavy atom. The zero-order chi connectivity index (χ0) is 17.6. The minimum absolute atomic E-state index is 0.0652. The van der Waals surface area contributed by atoms with Crippen LogP contribution >= 0.6 is 0 Å². The monoisotopic (exact) mass is 343 g/mol. The summed E-state index contributed by atoms with van der Waals surface area (Å²) in [6.45, 7) is 8.91. The second-order valence-electron chi connectivity index (χ2n) is 6.69. The number of rotatable bonds is 6. The van der Waals surface area contributed by atoms with Gasteiger partial charge in [-0.25, -0.2) is 0 Å². The summed E-state index contributed by atoms with van der Waals surface area (Å²) in [5.74, 6) is 0.633. The predicted octanol–water partition coefficient (Wildman–Crippen LogP) is 1.95. The third-order valence-corrected chi connectivity index (χ3v) is 4.33. The van der Waals surface area contributed by atoms with E-state index < -0.39 is 0 Å². The Kier molecular flexibility index (Phi) is 5.78. The van der Waals surface area contributed by atoms with Crippen LogP contribution in [0.1, 0.15) is 31.2 Å². The quantitative estimate of drug-likeness (QED) is 0.864. The van der Waals surface area contributed by atoms with Gasteiger partial charge in [-0.3, -0.25) is 24.9 Å². The standard InChI is InChI=1S/C18H25N5O2/c1-14(2)16-11-18(25-21-16)20-17(24)13-23-9-7-22(8-10-23)12-15-5-3-4-6-19-15/h3-6,11,14H,7-10,12-13H2,1-2H3,(H,20,24). The molecule has 0 saturated carbocycles. The average molecular weight is 343 g/mol. The predicted molar refractivity (Wildman–Crippen MR) is 95.2 cm³/mol. The van der Waals surface area contributed by atoms with Gasteiger partial charge < -0.3 is 4.52 Å². The molecule has 0 spiro atoms. The second kappa shape index (κ2) is 8.22. The van der Waals surface area contributed by atoms with E-state index in [0.717, 1.165) is 44.1 Å². The third kappa shape index (κ3) is 5.11. The number of carbonyl (C=O) groups is 1. The number of aromatic nitrogens is 2. The number of hydrogen-bond acceptors (Lipinski definition) is 6. The van der Waals surface area contributed by atoms with Crippen molar-refractivity contribution < 1.29 is 9.32 Å². The van der Waals surface area contributed by atoms with Crippen LogP contribution in [0.25, 0.3) is 0 Å². The average Bonchev–Trinajstić information content (AvgIpc) is 3.06. The van der Waals surface area contributed by atoms with Gasteiger partial charge in [0.2, 0.25) is 11.8 Å². The molecular formula is C18H25N5O2. The van der Waals surface area contributed by atoms with Crippen molar-refractivity contribution in [3.63, 3.8) is 0 Å². The van der Waals surface area contributed by atoms with E-state index in [1.807, 2.05) is 38.2 Å². The highest BCUT2D eigenvalue weighted by molar-refractivity contribution is 5.90. The van der Waals surface area contributed by atoms with Crippen LogP contribution in [0, 0.1) is 0 Å². The Labute approximate surface area is 148 Å². The Morgan fingerprint density at radius 3 is 2.64 bits per heavy atom. The van der Waals surface area contributed by atoms with E-state index in [4.69, 9.17) is 4.52 Å². The number of hydrogen-bond donors (Lipinski definition) is 1. The lowest BCUT2D eigenvalue weighted by atomic mass is 10.1. The van der Waals surface area contributed by atoms with Gasteiger partial charge in [0.05, 0.1) is 17.9 Å². The molecule has 0 atom stereocenters. The summed E-state index contributed by atoms with van der Waals surface area (Å²) in [6.07, 6.45) is 1.82. The number of nitrogens with one attached hydrogen (secondary N) is 1. The van der Waals surface area contributed by atoms with Crippen molar-refractivity contribution in [3.05, 3.63) is 41.9 Å². The molecule has 0 radical (unpaired) electrons. The maximum Gasteiger partial charge on any atom is 0.240 e. The molecule has 1 amide bonds. The molecule has 1 fully saturated rings. The van der Waals surface area contributed by atoms with Crippen molar-refractivity contribution in [3.8, 4) is 0 Å². The maximum atomic E-state index is 12.2. The SMILES string of the molecule is CC(C)c1cc(NC(=O)CN2CCN(Cc3ccccn3)CC2)on1. The summed E-state index contributed by atoms with van der Waals surface area (Å²) in [6, 6.07) is 7.77.